The minimum Gasteiger partial charge on any atom is -0.393 e. The lowest BCUT2D eigenvalue weighted by Gasteiger charge is -2.37. The summed E-state index contributed by atoms with van der Waals surface area (Å²) in [7, 11) is 0. The van der Waals surface area contributed by atoms with Gasteiger partial charge in [-0.05, 0) is 69.1 Å². The third-order valence-corrected chi connectivity index (χ3v) is 6.50. The van der Waals surface area contributed by atoms with E-state index in [1.807, 2.05) is 0 Å². The molecular formula is C19H34O3. The first-order valence-electron chi connectivity index (χ1n) is 9.68. The van der Waals surface area contributed by atoms with E-state index in [1.54, 1.807) is 0 Å². The number of aliphatic hydroxyl groups excluding tert-OH is 2. The first-order chi connectivity index (χ1) is 10.7. The van der Waals surface area contributed by atoms with Crippen LogP contribution in [0.2, 0.25) is 0 Å². The van der Waals surface area contributed by atoms with Crippen LogP contribution in [0.3, 0.4) is 0 Å². The van der Waals surface area contributed by atoms with E-state index in [9.17, 15) is 10.2 Å². The fourth-order valence-electron chi connectivity index (χ4n) is 4.88. The highest BCUT2D eigenvalue weighted by atomic mass is 16.5. The summed E-state index contributed by atoms with van der Waals surface area (Å²) in [5.74, 6) is 2.55. The summed E-state index contributed by atoms with van der Waals surface area (Å²) in [6, 6.07) is 0. The van der Waals surface area contributed by atoms with E-state index in [0.717, 1.165) is 43.4 Å². The summed E-state index contributed by atoms with van der Waals surface area (Å²) in [5.41, 5.74) is 0. The zero-order valence-electron chi connectivity index (χ0n) is 14.0. The molecule has 22 heavy (non-hydrogen) atoms. The van der Waals surface area contributed by atoms with Crippen molar-refractivity contribution in [3.05, 3.63) is 0 Å². The van der Waals surface area contributed by atoms with Gasteiger partial charge in [0.25, 0.3) is 0 Å². The third-order valence-electron chi connectivity index (χ3n) is 6.50. The Balaban J connectivity index is 1.32. The largest absolute Gasteiger partial charge is 0.393 e. The average molecular weight is 310 g/mol. The van der Waals surface area contributed by atoms with E-state index in [1.165, 1.54) is 51.4 Å². The van der Waals surface area contributed by atoms with Gasteiger partial charge in [0.15, 0.2) is 0 Å². The molecule has 2 atom stereocenters. The van der Waals surface area contributed by atoms with E-state index in [2.05, 4.69) is 0 Å². The number of ether oxygens (including phenoxy) is 1. The van der Waals surface area contributed by atoms with E-state index < -0.39 is 0 Å². The Kier molecular flexibility index (Phi) is 6.17. The Morgan fingerprint density at radius 3 is 1.73 bits per heavy atom. The first kappa shape index (κ1) is 16.7. The maximum Gasteiger partial charge on any atom is 0.0774 e. The molecule has 2 saturated carbocycles. The summed E-state index contributed by atoms with van der Waals surface area (Å²) in [6.45, 7) is 0.554. The van der Waals surface area contributed by atoms with E-state index in [4.69, 9.17) is 4.74 Å². The Labute approximate surface area is 135 Å². The molecule has 0 bridgehead atoms. The van der Waals surface area contributed by atoms with Gasteiger partial charge in [-0.25, -0.2) is 0 Å². The highest BCUT2D eigenvalue weighted by Gasteiger charge is 2.31. The molecule has 0 amide bonds. The molecule has 0 aromatic carbocycles. The van der Waals surface area contributed by atoms with Crippen LogP contribution in [0.5, 0.6) is 0 Å². The lowest BCUT2D eigenvalue weighted by molar-refractivity contribution is -0.0860. The standard InChI is InChI=1S/C19H34O3/c20-17-9-5-15(6-10-17)2-1-14-3-7-16(8-4-14)19-12-11-18(21)13-22-19/h14-21H,1-13H2. The maximum atomic E-state index is 9.59. The van der Waals surface area contributed by atoms with Crippen LogP contribution in [0.4, 0.5) is 0 Å². The van der Waals surface area contributed by atoms with Crippen LogP contribution < -0.4 is 0 Å². The van der Waals surface area contributed by atoms with Crippen molar-refractivity contribution < 1.29 is 14.9 Å². The van der Waals surface area contributed by atoms with Crippen molar-refractivity contribution in [3.8, 4) is 0 Å². The fourth-order valence-corrected chi connectivity index (χ4v) is 4.88. The van der Waals surface area contributed by atoms with Crippen molar-refractivity contribution in [2.24, 2.45) is 17.8 Å². The molecule has 1 saturated heterocycles. The monoisotopic (exact) mass is 310 g/mol. The summed E-state index contributed by atoms with van der Waals surface area (Å²) >= 11 is 0. The van der Waals surface area contributed by atoms with Crippen LogP contribution in [0.1, 0.15) is 77.0 Å². The topological polar surface area (TPSA) is 49.7 Å². The molecule has 0 spiro atoms. The lowest BCUT2D eigenvalue weighted by atomic mass is 9.74. The highest BCUT2D eigenvalue weighted by molar-refractivity contribution is 4.82. The molecule has 3 rings (SSSR count). The molecule has 2 N–H and O–H groups in total. The second-order valence-electron chi connectivity index (χ2n) is 8.14. The number of aliphatic hydroxyl groups is 2. The minimum atomic E-state index is -0.221. The van der Waals surface area contributed by atoms with Gasteiger partial charge < -0.3 is 14.9 Å². The molecule has 2 unspecified atom stereocenters. The molecule has 3 heteroatoms. The molecule has 3 aliphatic rings. The van der Waals surface area contributed by atoms with Gasteiger partial charge >= 0.3 is 0 Å². The van der Waals surface area contributed by atoms with Gasteiger partial charge in [-0.1, -0.05) is 25.7 Å². The van der Waals surface area contributed by atoms with Gasteiger partial charge in [0.05, 0.1) is 24.9 Å². The normalized spacial score (nSPS) is 43.9. The number of hydrogen-bond acceptors (Lipinski definition) is 3. The van der Waals surface area contributed by atoms with Crippen molar-refractivity contribution in [1.82, 2.24) is 0 Å². The van der Waals surface area contributed by atoms with E-state index in [0.29, 0.717) is 12.7 Å². The molecule has 3 fully saturated rings. The van der Waals surface area contributed by atoms with Gasteiger partial charge in [0.2, 0.25) is 0 Å². The molecule has 0 aromatic rings. The molecule has 2 aliphatic carbocycles. The van der Waals surface area contributed by atoms with Crippen molar-refractivity contribution in [2.45, 2.75) is 95.4 Å². The Morgan fingerprint density at radius 2 is 1.18 bits per heavy atom. The van der Waals surface area contributed by atoms with E-state index >= 15 is 0 Å². The van der Waals surface area contributed by atoms with Crippen molar-refractivity contribution in [3.63, 3.8) is 0 Å². The highest BCUT2D eigenvalue weighted by Crippen LogP contribution is 2.38. The van der Waals surface area contributed by atoms with Gasteiger partial charge in [0.1, 0.15) is 0 Å². The fraction of sp³-hybridized carbons (Fsp3) is 1.00. The third kappa shape index (κ3) is 4.69. The molecule has 3 nitrogen and oxygen atoms in total. The van der Waals surface area contributed by atoms with Crippen molar-refractivity contribution >= 4 is 0 Å². The number of rotatable bonds is 4. The molecule has 1 heterocycles. The van der Waals surface area contributed by atoms with Crippen molar-refractivity contribution in [1.29, 1.82) is 0 Å². The Morgan fingerprint density at radius 1 is 0.636 bits per heavy atom. The van der Waals surface area contributed by atoms with Crippen molar-refractivity contribution in [2.75, 3.05) is 6.61 Å². The molecule has 1 aliphatic heterocycles. The summed E-state index contributed by atoms with van der Waals surface area (Å²) in [4.78, 5) is 0. The zero-order chi connectivity index (χ0) is 15.4. The van der Waals surface area contributed by atoms with Gasteiger partial charge in [-0.2, -0.15) is 0 Å². The molecular weight excluding hydrogens is 276 g/mol. The van der Waals surface area contributed by atoms with Gasteiger partial charge in [-0.15, -0.1) is 0 Å². The lowest BCUT2D eigenvalue weighted by Crippen LogP contribution is -2.36. The number of hydrogen-bond donors (Lipinski definition) is 2. The average Bonchev–Trinajstić information content (AvgIpc) is 2.56. The zero-order valence-corrected chi connectivity index (χ0v) is 14.0. The summed E-state index contributed by atoms with van der Waals surface area (Å²) < 4.78 is 5.86. The summed E-state index contributed by atoms with van der Waals surface area (Å²) in [5, 5.41) is 19.1. The quantitative estimate of drug-likeness (QED) is 0.833. The maximum absolute atomic E-state index is 9.59. The molecule has 0 aromatic heterocycles. The Bertz CT molecular complexity index is 309. The van der Waals surface area contributed by atoms with Crippen LogP contribution in [0.25, 0.3) is 0 Å². The van der Waals surface area contributed by atoms with Crippen LogP contribution in [-0.2, 0) is 4.74 Å². The second-order valence-corrected chi connectivity index (χ2v) is 8.14. The second kappa shape index (κ2) is 8.12. The SMILES string of the molecule is OC1CCC(CCC2CCC(C3CCC(O)CO3)CC2)CC1. The minimum absolute atomic E-state index is 0.0132. The first-order valence-corrected chi connectivity index (χ1v) is 9.68. The predicted molar refractivity (Wildman–Crippen MR) is 87.6 cm³/mol. The van der Waals surface area contributed by atoms with Crippen LogP contribution in [0, 0.1) is 17.8 Å². The molecule has 0 radical (unpaired) electrons. The molecule has 128 valence electrons. The van der Waals surface area contributed by atoms with Crippen LogP contribution in [0.15, 0.2) is 0 Å². The van der Waals surface area contributed by atoms with E-state index in [-0.39, 0.29) is 12.2 Å². The van der Waals surface area contributed by atoms with Gasteiger partial charge in [0, 0.05) is 0 Å². The summed E-state index contributed by atoms with van der Waals surface area (Å²) in [6.07, 6.45) is 14.9. The van der Waals surface area contributed by atoms with Crippen LogP contribution >= 0.6 is 0 Å². The predicted octanol–water partition coefficient (Wildman–Crippen LogP) is 3.66. The Hall–Kier alpha value is -0.120. The smallest absolute Gasteiger partial charge is 0.0774 e. The van der Waals surface area contributed by atoms with Crippen LogP contribution in [-0.4, -0.2) is 35.1 Å². The van der Waals surface area contributed by atoms with Gasteiger partial charge in [-0.3, -0.25) is 0 Å².